The molecule has 2 N–H and O–H groups in total. The summed E-state index contributed by atoms with van der Waals surface area (Å²) >= 11 is 2.74. The van der Waals surface area contributed by atoms with E-state index < -0.39 is 11.8 Å². The van der Waals surface area contributed by atoms with Crippen LogP contribution in [0.25, 0.3) is 10.2 Å². The number of hydrogen-bond donors (Lipinski definition) is 2. The Bertz CT molecular complexity index is 1280. The van der Waals surface area contributed by atoms with Gasteiger partial charge in [0.05, 0.1) is 25.4 Å². The van der Waals surface area contributed by atoms with Crippen LogP contribution in [0.3, 0.4) is 0 Å². The molecule has 2 heterocycles. The summed E-state index contributed by atoms with van der Waals surface area (Å²) in [7, 11) is 2.98. The summed E-state index contributed by atoms with van der Waals surface area (Å²) in [6.07, 6.45) is 2.99. The third-order valence-electron chi connectivity index (χ3n) is 5.40. The summed E-state index contributed by atoms with van der Waals surface area (Å²) in [6.45, 7) is 2.35. The molecule has 1 aliphatic rings. The highest BCUT2D eigenvalue weighted by molar-refractivity contribution is 7.99. The zero-order valence-electron chi connectivity index (χ0n) is 18.5. The fourth-order valence-corrected chi connectivity index (χ4v) is 5.96. The largest absolute Gasteiger partial charge is 0.493 e. The minimum absolute atomic E-state index is 0.00471. The molecule has 4 rings (SSSR count). The van der Waals surface area contributed by atoms with Gasteiger partial charge in [-0.3, -0.25) is 29.8 Å². The Hall–Kier alpha value is -3.05. The highest BCUT2D eigenvalue weighted by atomic mass is 32.2. The predicted octanol–water partition coefficient (Wildman–Crippen LogP) is 2.54. The maximum Gasteiger partial charge on any atom is 0.269 e. The van der Waals surface area contributed by atoms with Crippen molar-refractivity contribution < 1.29 is 19.1 Å². The molecule has 11 heteroatoms. The molecule has 0 atom stereocenters. The number of aryl methyl sites for hydroxylation is 2. The van der Waals surface area contributed by atoms with Gasteiger partial charge in [0.1, 0.15) is 4.83 Å². The molecule has 0 unspecified atom stereocenters. The Kier molecular flexibility index (Phi) is 6.89. The standard InChI is InChI=1S/C22H24N4O5S2/c1-4-26-21(29)18-13-6-5-7-16(13)33-20(18)23-22(26)32-11-17(27)24-25-19(28)12-8-9-14(30-2)15(10-12)31-3/h8-10H,4-7,11H2,1-3H3,(H,24,27)(H,25,28). The van der Waals surface area contributed by atoms with Gasteiger partial charge < -0.3 is 9.47 Å². The predicted molar refractivity (Wildman–Crippen MR) is 127 cm³/mol. The van der Waals surface area contributed by atoms with E-state index in [0.717, 1.165) is 35.0 Å². The Labute approximate surface area is 198 Å². The molecule has 0 radical (unpaired) electrons. The number of carbonyl (C=O) groups is 2. The Morgan fingerprint density at radius 1 is 1.18 bits per heavy atom. The van der Waals surface area contributed by atoms with E-state index in [0.29, 0.717) is 28.8 Å². The van der Waals surface area contributed by atoms with E-state index in [1.807, 2.05) is 6.92 Å². The molecule has 2 amide bonds. The quantitative estimate of drug-likeness (QED) is 0.299. The van der Waals surface area contributed by atoms with Gasteiger partial charge in [-0.05, 0) is 49.9 Å². The normalized spacial score (nSPS) is 12.5. The van der Waals surface area contributed by atoms with E-state index in [1.165, 1.54) is 36.9 Å². The Morgan fingerprint density at radius 2 is 1.97 bits per heavy atom. The zero-order valence-corrected chi connectivity index (χ0v) is 20.2. The Balaban J connectivity index is 1.41. The minimum Gasteiger partial charge on any atom is -0.493 e. The first-order chi connectivity index (χ1) is 16.0. The number of benzene rings is 1. The smallest absolute Gasteiger partial charge is 0.269 e. The first-order valence-corrected chi connectivity index (χ1v) is 12.3. The van der Waals surface area contributed by atoms with Crippen LogP contribution in [0.2, 0.25) is 0 Å². The molecule has 0 bridgehead atoms. The summed E-state index contributed by atoms with van der Waals surface area (Å²) in [5, 5.41) is 1.22. The number of nitrogens with zero attached hydrogens (tertiary/aromatic N) is 2. The van der Waals surface area contributed by atoms with Gasteiger partial charge in [0.25, 0.3) is 11.5 Å². The number of ether oxygens (including phenoxy) is 2. The summed E-state index contributed by atoms with van der Waals surface area (Å²) in [5.41, 5.74) is 6.17. The van der Waals surface area contributed by atoms with Crippen LogP contribution in [0.5, 0.6) is 11.5 Å². The van der Waals surface area contributed by atoms with Gasteiger partial charge in [-0.25, -0.2) is 4.98 Å². The molecule has 33 heavy (non-hydrogen) atoms. The lowest BCUT2D eigenvalue weighted by Crippen LogP contribution is -2.42. The van der Waals surface area contributed by atoms with Gasteiger partial charge in [-0.1, -0.05) is 11.8 Å². The lowest BCUT2D eigenvalue weighted by atomic mass is 10.2. The average molecular weight is 489 g/mol. The van der Waals surface area contributed by atoms with Crippen LogP contribution in [0.15, 0.2) is 28.2 Å². The highest BCUT2D eigenvalue weighted by Crippen LogP contribution is 2.35. The minimum atomic E-state index is -0.493. The maximum atomic E-state index is 13.1. The monoisotopic (exact) mass is 488 g/mol. The maximum absolute atomic E-state index is 13.1. The van der Waals surface area contributed by atoms with Crippen molar-refractivity contribution >= 4 is 45.1 Å². The van der Waals surface area contributed by atoms with Crippen LogP contribution in [0.1, 0.15) is 34.1 Å². The highest BCUT2D eigenvalue weighted by Gasteiger charge is 2.23. The van der Waals surface area contributed by atoms with Crippen LogP contribution in [0.4, 0.5) is 0 Å². The number of carbonyl (C=O) groups excluding carboxylic acids is 2. The second-order valence-corrected chi connectivity index (χ2v) is 9.37. The van der Waals surface area contributed by atoms with Crippen molar-refractivity contribution in [2.45, 2.75) is 37.9 Å². The second-order valence-electron chi connectivity index (χ2n) is 7.34. The molecular weight excluding hydrogens is 464 g/mol. The number of thioether (sulfide) groups is 1. The van der Waals surface area contributed by atoms with E-state index in [1.54, 1.807) is 28.0 Å². The van der Waals surface area contributed by atoms with E-state index in [2.05, 4.69) is 15.8 Å². The molecule has 0 aliphatic heterocycles. The molecule has 0 spiro atoms. The summed E-state index contributed by atoms with van der Waals surface area (Å²) in [5.74, 6) is -0.00990. The number of methoxy groups -OCH3 is 2. The molecule has 1 aliphatic carbocycles. The van der Waals surface area contributed by atoms with Gasteiger partial charge >= 0.3 is 0 Å². The summed E-state index contributed by atoms with van der Waals surface area (Å²) in [6, 6.07) is 4.69. The van der Waals surface area contributed by atoms with Crippen molar-refractivity contribution in [1.82, 2.24) is 20.4 Å². The van der Waals surface area contributed by atoms with Gasteiger partial charge in [-0.15, -0.1) is 11.3 Å². The Morgan fingerprint density at radius 3 is 2.70 bits per heavy atom. The lowest BCUT2D eigenvalue weighted by molar-refractivity contribution is -0.119. The van der Waals surface area contributed by atoms with Crippen LogP contribution >= 0.6 is 23.1 Å². The molecule has 9 nitrogen and oxygen atoms in total. The van der Waals surface area contributed by atoms with Gasteiger partial charge in [0.2, 0.25) is 5.91 Å². The van der Waals surface area contributed by atoms with Crippen molar-refractivity contribution in [3.05, 3.63) is 44.6 Å². The molecule has 2 aromatic heterocycles. The van der Waals surface area contributed by atoms with Crippen LogP contribution < -0.4 is 25.9 Å². The van der Waals surface area contributed by atoms with Crippen molar-refractivity contribution in [3.63, 3.8) is 0 Å². The fourth-order valence-electron chi connectivity index (χ4n) is 3.79. The number of hydrazine groups is 1. The topological polar surface area (TPSA) is 112 Å². The molecular formula is C22H24N4O5S2. The molecule has 0 fully saturated rings. The van der Waals surface area contributed by atoms with Crippen molar-refractivity contribution in [2.24, 2.45) is 0 Å². The third kappa shape index (κ3) is 4.55. The third-order valence-corrected chi connectivity index (χ3v) is 7.56. The number of aromatic nitrogens is 2. The van der Waals surface area contributed by atoms with Gasteiger partial charge in [-0.2, -0.15) is 0 Å². The molecule has 0 saturated heterocycles. The SMILES string of the molecule is CCn1c(SCC(=O)NNC(=O)c2ccc(OC)c(OC)c2)nc2sc3c(c2c1=O)CCC3. The number of amides is 2. The first kappa shape index (κ1) is 23.1. The molecule has 1 aromatic carbocycles. The fraction of sp³-hybridized carbons (Fsp3) is 0.364. The van der Waals surface area contributed by atoms with Gasteiger partial charge in [0.15, 0.2) is 16.7 Å². The van der Waals surface area contributed by atoms with Crippen LogP contribution in [-0.4, -0.2) is 41.3 Å². The number of nitrogens with one attached hydrogen (secondary N) is 2. The average Bonchev–Trinajstić information content (AvgIpc) is 3.41. The lowest BCUT2D eigenvalue weighted by Gasteiger charge is -2.12. The zero-order chi connectivity index (χ0) is 23.5. The van der Waals surface area contributed by atoms with Crippen molar-refractivity contribution in [1.29, 1.82) is 0 Å². The first-order valence-electron chi connectivity index (χ1n) is 10.5. The summed E-state index contributed by atoms with van der Waals surface area (Å²) in [4.78, 5) is 44.4. The second kappa shape index (κ2) is 9.84. The van der Waals surface area contributed by atoms with Crippen LogP contribution in [-0.2, 0) is 24.2 Å². The number of hydrogen-bond acceptors (Lipinski definition) is 8. The molecule has 174 valence electrons. The molecule has 3 aromatic rings. The molecule has 0 saturated carbocycles. The van der Waals surface area contributed by atoms with E-state index in [-0.39, 0.29) is 11.3 Å². The number of rotatable bonds is 7. The number of fused-ring (bicyclic) bond motifs is 3. The van der Waals surface area contributed by atoms with E-state index >= 15 is 0 Å². The van der Waals surface area contributed by atoms with Crippen molar-refractivity contribution in [3.8, 4) is 11.5 Å². The number of thiophene rings is 1. The van der Waals surface area contributed by atoms with E-state index in [4.69, 9.17) is 9.47 Å². The van der Waals surface area contributed by atoms with Gasteiger partial charge in [0, 0.05) is 17.0 Å². The van der Waals surface area contributed by atoms with E-state index in [9.17, 15) is 14.4 Å². The summed E-state index contributed by atoms with van der Waals surface area (Å²) < 4.78 is 12.0. The van der Waals surface area contributed by atoms with Crippen molar-refractivity contribution in [2.75, 3.05) is 20.0 Å². The van der Waals surface area contributed by atoms with Crippen LogP contribution in [0, 0.1) is 0 Å².